The summed E-state index contributed by atoms with van der Waals surface area (Å²) >= 11 is 7.09. The summed E-state index contributed by atoms with van der Waals surface area (Å²) in [5.41, 5.74) is 0.700. The van der Waals surface area contributed by atoms with E-state index in [1.807, 2.05) is 0 Å². The van der Waals surface area contributed by atoms with Crippen molar-refractivity contribution in [3.05, 3.63) is 10.6 Å². The summed E-state index contributed by atoms with van der Waals surface area (Å²) in [5, 5.41) is 6.92. The van der Waals surface area contributed by atoms with Gasteiger partial charge in [0.05, 0.1) is 5.69 Å². The summed E-state index contributed by atoms with van der Waals surface area (Å²) in [5.74, 6) is 0.959. The van der Waals surface area contributed by atoms with E-state index >= 15 is 0 Å². The molecular formula is C11H16ClN3OS. The Morgan fingerprint density at radius 2 is 2.29 bits per heavy atom. The number of halogens is 1. The fourth-order valence-corrected chi connectivity index (χ4v) is 3.19. The Morgan fingerprint density at radius 1 is 1.53 bits per heavy atom. The van der Waals surface area contributed by atoms with Crippen molar-refractivity contribution < 1.29 is 4.79 Å². The van der Waals surface area contributed by atoms with Gasteiger partial charge < -0.3 is 5.32 Å². The molecule has 1 fully saturated rings. The van der Waals surface area contributed by atoms with Crippen molar-refractivity contribution in [3.8, 4) is 0 Å². The maximum atomic E-state index is 12.0. The van der Waals surface area contributed by atoms with Crippen LogP contribution < -0.4 is 5.32 Å². The third-order valence-electron chi connectivity index (χ3n) is 3.28. The highest BCUT2D eigenvalue weighted by Gasteiger charge is 2.27. The van der Waals surface area contributed by atoms with Gasteiger partial charge in [0.1, 0.15) is 4.88 Å². The van der Waals surface area contributed by atoms with Crippen LogP contribution in [0.15, 0.2) is 0 Å². The van der Waals surface area contributed by atoms with Crippen molar-refractivity contribution in [2.24, 2.45) is 5.92 Å². The van der Waals surface area contributed by atoms with E-state index in [1.165, 1.54) is 6.42 Å². The van der Waals surface area contributed by atoms with E-state index in [1.54, 1.807) is 6.92 Å². The van der Waals surface area contributed by atoms with Crippen molar-refractivity contribution in [2.75, 3.05) is 5.88 Å². The van der Waals surface area contributed by atoms with E-state index in [0.717, 1.165) is 30.8 Å². The molecule has 2 rings (SSSR count). The normalized spacial score (nSPS) is 24.6. The molecular weight excluding hydrogens is 258 g/mol. The van der Waals surface area contributed by atoms with Gasteiger partial charge in [0.15, 0.2) is 0 Å². The minimum Gasteiger partial charge on any atom is -0.348 e. The lowest BCUT2D eigenvalue weighted by Crippen LogP contribution is -2.42. The summed E-state index contributed by atoms with van der Waals surface area (Å²) in [6.07, 6.45) is 4.51. The number of carbonyl (C=O) groups is 1. The smallest absolute Gasteiger partial charge is 0.265 e. The monoisotopic (exact) mass is 273 g/mol. The number of amides is 1. The quantitative estimate of drug-likeness (QED) is 0.861. The fourth-order valence-electron chi connectivity index (χ4n) is 2.26. The van der Waals surface area contributed by atoms with Crippen molar-refractivity contribution >= 4 is 29.0 Å². The molecule has 2 unspecified atom stereocenters. The van der Waals surface area contributed by atoms with Crippen LogP contribution in [0.3, 0.4) is 0 Å². The first kappa shape index (κ1) is 12.8. The second-order valence-electron chi connectivity index (χ2n) is 4.47. The molecule has 17 heavy (non-hydrogen) atoms. The highest BCUT2D eigenvalue weighted by atomic mass is 35.5. The molecule has 2 atom stereocenters. The minimum absolute atomic E-state index is 0.0560. The Kier molecular flexibility index (Phi) is 4.34. The number of alkyl halides is 1. The van der Waals surface area contributed by atoms with Crippen LogP contribution in [0.25, 0.3) is 0 Å². The van der Waals surface area contributed by atoms with Crippen LogP contribution in [0, 0.1) is 12.8 Å². The summed E-state index contributed by atoms with van der Waals surface area (Å²) in [7, 11) is 0. The zero-order chi connectivity index (χ0) is 12.3. The number of aromatic nitrogens is 2. The Labute approximate surface area is 110 Å². The molecule has 1 heterocycles. The zero-order valence-corrected chi connectivity index (χ0v) is 11.4. The van der Waals surface area contributed by atoms with E-state index in [-0.39, 0.29) is 11.9 Å². The molecule has 0 aliphatic heterocycles. The molecule has 1 N–H and O–H groups in total. The fraction of sp³-hybridized carbons (Fsp3) is 0.727. The van der Waals surface area contributed by atoms with E-state index in [4.69, 9.17) is 11.6 Å². The first-order valence-electron chi connectivity index (χ1n) is 5.88. The first-order chi connectivity index (χ1) is 8.22. The SMILES string of the molecule is Cc1nnsc1C(=O)NC1CCCCC1CCl. The molecule has 94 valence electrons. The van der Waals surface area contributed by atoms with Gasteiger partial charge in [-0.15, -0.1) is 16.7 Å². The Bertz CT molecular complexity index is 396. The number of carbonyl (C=O) groups excluding carboxylic acids is 1. The molecule has 0 saturated heterocycles. The lowest BCUT2D eigenvalue weighted by atomic mass is 9.86. The van der Waals surface area contributed by atoms with Gasteiger partial charge in [0.2, 0.25) is 0 Å². The van der Waals surface area contributed by atoms with Crippen molar-refractivity contribution in [1.29, 1.82) is 0 Å². The van der Waals surface area contributed by atoms with Crippen LogP contribution in [-0.4, -0.2) is 27.4 Å². The molecule has 1 amide bonds. The van der Waals surface area contributed by atoms with Crippen molar-refractivity contribution in [3.63, 3.8) is 0 Å². The molecule has 6 heteroatoms. The summed E-state index contributed by atoms with van der Waals surface area (Å²) in [6, 6.07) is 0.204. The Morgan fingerprint density at radius 3 is 2.94 bits per heavy atom. The maximum absolute atomic E-state index is 12.0. The molecule has 1 aromatic rings. The standard InChI is InChI=1S/C11H16ClN3OS/c1-7-10(17-15-14-7)11(16)13-9-5-3-2-4-8(9)6-12/h8-9H,2-6H2,1H3,(H,13,16). The summed E-state index contributed by atoms with van der Waals surface area (Å²) in [4.78, 5) is 12.6. The van der Waals surface area contributed by atoms with E-state index in [2.05, 4.69) is 14.9 Å². The predicted molar refractivity (Wildman–Crippen MR) is 68.6 cm³/mol. The van der Waals surface area contributed by atoms with E-state index in [9.17, 15) is 4.79 Å². The summed E-state index contributed by atoms with van der Waals surface area (Å²) in [6.45, 7) is 1.80. The molecule has 1 aliphatic rings. The maximum Gasteiger partial charge on any atom is 0.265 e. The number of aryl methyl sites for hydroxylation is 1. The number of hydrogen-bond donors (Lipinski definition) is 1. The lowest BCUT2D eigenvalue weighted by Gasteiger charge is -2.30. The van der Waals surface area contributed by atoms with Gasteiger partial charge in [-0.2, -0.15) is 0 Å². The molecule has 1 aliphatic carbocycles. The Balaban J connectivity index is 2.00. The predicted octanol–water partition coefficient (Wildman–Crippen LogP) is 2.37. The molecule has 0 aromatic carbocycles. The number of nitrogens with zero attached hydrogens (tertiary/aromatic N) is 2. The van der Waals surface area contributed by atoms with E-state index < -0.39 is 0 Å². The van der Waals surface area contributed by atoms with Gasteiger partial charge in [0.25, 0.3) is 5.91 Å². The molecule has 0 bridgehead atoms. The van der Waals surface area contributed by atoms with Gasteiger partial charge in [-0.05, 0) is 37.2 Å². The third kappa shape index (κ3) is 2.96. The van der Waals surface area contributed by atoms with Crippen LogP contribution in [0.1, 0.15) is 41.0 Å². The van der Waals surface area contributed by atoms with Crippen LogP contribution in [0.5, 0.6) is 0 Å². The third-order valence-corrected chi connectivity index (χ3v) is 4.50. The van der Waals surface area contributed by atoms with E-state index in [0.29, 0.717) is 22.4 Å². The lowest BCUT2D eigenvalue weighted by molar-refractivity contribution is 0.0914. The first-order valence-corrected chi connectivity index (χ1v) is 7.19. The van der Waals surface area contributed by atoms with Crippen LogP contribution in [0.4, 0.5) is 0 Å². The van der Waals surface area contributed by atoms with Crippen LogP contribution >= 0.6 is 23.1 Å². The molecule has 1 aromatic heterocycles. The molecule has 4 nitrogen and oxygen atoms in total. The highest BCUT2D eigenvalue weighted by molar-refractivity contribution is 7.08. The van der Waals surface area contributed by atoms with Crippen LogP contribution in [0.2, 0.25) is 0 Å². The van der Waals surface area contributed by atoms with Crippen molar-refractivity contribution in [2.45, 2.75) is 38.6 Å². The largest absolute Gasteiger partial charge is 0.348 e. The number of nitrogens with one attached hydrogen (secondary N) is 1. The Hall–Kier alpha value is -0.680. The summed E-state index contributed by atoms with van der Waals surface area (Å²) < 4.78 is 3.78. The second kappa shape index (κ2) is 5.78. The van der Waals surface area contributed by atoms with Gasteiger partial charge in [-0.3, -0.25) is 4.79 Å². The van der Waals surface area contributed by atoms with Crippen molar-refractivity contribution in [1.82, 2.24) is 14.9 Å². The van der Waals surface area contributed by atoms with Crippen LogP contribution in [-0.2, 0) is 0 Å². The number of hydrogen-bond acceptors (Lipinski definition) is 4. The molecule has 1 saturated carbocycles. The number of rotatable bonds is 3. The van der Waals surface area contributed by atoms with Gasteiger partial charge in [-0.25, -0.2) is 0 Å². The van der Waals surface area contributed by atoms with Gasteiger partial charge in [-0.1, -0.05) is 17.3 Å². The van der Waals surface area contributed by atoms with Gasteiger partial charge >= 0.3 is 0 Å². The topological polar surface area (TPSA) is 54.9 Å². The van der Waals surface area contributed by atoms with Gasteiger partial charge in [0, 0.05) is 11.9 Å². The average Bonchev–Trinajstić information content (AvgIpc) is 2.76. The molecule has 0 spiro atoms. The zero-order valence-electron chi connectivity index (χ0n) is 9.78. The minimum atomic E-state index is -0.0560. The molecule has 0 radical (unpaired) electrons. The second-order valence-corrected chi connectivity index (χ2v) is 5.53. The average molecular weight is 274 g/mol. The highest BCUT2D eigenvalue weighted by Crippen LogP contribution is 2.26.